The van der Waals surface area contributed by atoms with E-state index in [4.69, 9.17) is 15.3 Å². The molecule has 0 spiro atoms. The molecule has 0 unspecified atom stereocenters. The predicted molar refractivity (Wildman–Crippen MR) is 61.0 cm³/mol. The zero-order chi connectivity index (χ0) is 10.2. The Kier molecular flexibility index (Phi) is 8.34. The molecule has 4 heteroatoms. The first kappa shape index (κ1) is 13.6. The van der Waals surface area contributed by atoms with Crippen LogP contribution in [-0.2, 0) is 0 Å². The van der Waals surface area contributed by atoms with Gasteiger partial charge < -0.3 is 15.3 Å². The van der Waals surface area contributed by atoms with Crippen LogP contribution < -0.4 is 0 Å². The summed E-state index contributed by atoms with van der Waals surface area (Å²) in [6, 6.07) is 0. The molecule has 80 valence electrons. The molecule has 0 atom stereocenters. The molecule has 0 rings (SSSR count). The Bertz CT molecular complexity index is 89.9. The summed E-state index contributed by atoms with van der Waals surface area (Å²) in [6.07, 6.45) is 2.99. The monoisotopic (exact) mass is 302 g/mol. The van der Waals surface area contributed by atoms with E-state index < -0.39 is 0 Å². The smallest absolute Gasteiger partial charge is 0.0436 e. The van der Waals surface area contributed by atoms with Gasteiger partial charge in [-0.15, -0.1) is 0 Å². The molecular formula is C9H19IO3. The molecule has 0 bridgehead atoms. The highest BCUT2D eigenvalue weighted by Gasteiger charge is 2.27. The molecule has 0 saturated heterocycles. The fourth-order valence-corrected chi connectivity index (χ4v) is 2.81. The van der Waals surface area contributed by atoms with Gasteiger partial charge in [0.1, 0.15) is 0 Å². The summed E-state index contributed by atoms with van der Waals surface area (Å²) >= 11 is 2.29. The van der Waals surface area contributed by atoms with Gasteiger partial charge in [-0.3, -0.25) is 0 Å². The van der Waals surface area contributed by atoms with Crippen molar-refractivity contribution in [3.8, 4) is 0 Å². The van der Waals surface area contributed by atoms with Gasteiger partial charge >= 0.3 is 0 Å². The van der Waals surface area contributed by atoms with Crippen LogP contribution in [0.2, 0.25) is 0 Å². The summed E-state index contributed by atoms with van der Waals surface area (Å²) in [6.45, 7) is 0.407. The average Bonchev–Trinajstić information content (AvgIpc) is 2.06. The fourth-order valence-electron chi connectivity index (χ4n) is 1.66. The van der Waals surface area contributed by atoms with Gasteiger partial charge in [0.2, 0.25) is 0 Å². The zero-order valence-corrected chi connectivity index (χ0v) is 10.0. The average molecular weight is 302 g/mol. The van der Waals surface area contributed by atoms with Gasteiger partial charge in [-0.1, -0.05) is 22.6 Å². The molecular weight excluding hydrogens is 283 g/mol. The van der Waals surface area contributed by atoms with Gasteiger partial charge in [0.15, 0.2) is 0 Å². The minimum Gasteiger partial charge on any atom is -0.396 e. The Morgan fingerprint density at radius 1 is 0.769 bits per heavy atom. The molecule has 0 aromatic heterocycles. The largest absolute Gasteiger partial charge is 0.396 e. The van der Waals surface area contributed by atoms with Crippen LogP contribution in [0.15, 0.2) is 0 Å². The maximum atomic E-state index is 8.92. The number of alkyl halides is 1. The minimum absolute atomic E-state index is 0.0561. The summed E-state index contributed by atoms with van der Waals surface area (Å²) < 4.78 is 0.998. The molecule has 3 N–H and O–H groups in total. The molecule has 3 nitrogen and oxygen atoms in total. The lowest BCUT2D eigenvalue weighted by Gasteiger charge is -2.31. The van der Waals surface area contributed by atoms with Crippen LogP contribution in [0.25, 0.3) is 0 Å². The van der Waals surface area contributed by atoms with E-state index in [2.05, 4.69) is 22.6 Å². The first-order valence-electron chi connectivity index (χ1n) is 4.63. The van der Waals surface area contributed by atoms with E-state index in [1.165, 1.54) is 0 Å². The highest BCUT2D eigenvalue weighted by Crippen LogP contribution is 2.34. The van der Waals surface area contributed by atoms with E-state index in [1.807, 2.05) is 0 Å². The summed E-state index contributed by atoms with van der Waals surface area (Å²) in [5, 5.41) is 26.7. The van der Waals surface area contributed by atoms with Crippen molar-refractivity contribution in [2.75, 3.05) is 24.2 Å². The minimum atomic E-state index is -0.0561. The maximum Gasteiger partial charge on any atom is 0.0436 e. The van der Waals surface area contributed by atoms with Crippen LogP contribution in [0.5, 0.6) is 0 Å². The van der Waals surface area contributed by atoms with Crippen molar-refractivity contribution in [1.29, 1.82) is 0 Å². The molecule has 0 saturated carbocycles. The quantitative estimate of drug-likeness (QED) is 0.462. The molecule has 0 heterocycles. The predicted octanol–water partition coefficient (Wildman–Crippen LogP) is 0.945. The standard InChI is InChI=1S/C9H19IO3/c10-5-1-9(2-6-11,3-7-12)4-8-13/h11-13H,1-8H2. The van der Waals surface area contributed by atoms with Crippen LogP contribution in [-0.4, -0.2) is 39.6 Å². The molecule has 0 aromatic rings. The summed E-state index contributed by atoms with van der Waals surface area (Å²) in [5.74, 6) is 0. The van der Waals surface area contributed by atoms with Gasteiger partial charge in [0.25, 0.3) is 0 Å². The number of aliphatic hydroxyl groups is 3. The number of rotatable bonds is 8. The number of halogens is 1. The normalized spacial score (nSPS) is 12.0. The third-order valence-corrected chi connectivity index (χ3v) is 3.09. The van der Waals surface area contributed by atoms with E-state index in [1.54, 1.807) is 0 Å². The van der Waals surface area contributed by atoms with Crippen molar-refractivity contribution in [2.24, 2.45) is 5.41 Å². The second kappa shape index (κ2) is 7.96. The molecule has 0 fully saturated rings. The van der Waals surface area contributed by atoms with Crippen molar-refractivity contribution < 1.29 is 15.3 Å². The Balaban J connectivity index is 4.19. The topological polar surface area (TPSA) is 60.7 Å². The second-order valence-corrected chi connectivity index (χ2v) is 4.44. The van der Waals surface area contributed by atoms with E-state index in [9.17, 15) is 0 Å². The van der Waals surface area contributed by atoms with Crippen LogP contribution in [0.3, 0.4) is 0 Å². The van der Waals surface area contributed by atoms with E-state index in [0.717, 1.165) is 10.8 Å². The van der Waals surface area contributed by atoms with Crippen molar-refractivity contribution in [3.63, 3.8) is 0 Å². The van der Waals surface area contributed by atoms with E-state index in [0.29, 0.717) is 19.3 Å². The molecule has 0 aliphatic rings. The van der Waals surface area contributed by atoms with Crippen molar-refractivity contribution >= 4 is 22.6 Å². The van der Waals surface area contributed by atoms with Gasteiger partial charge in [-0.25, -0.2) is 0 Å². The Morgan fingerprint density at radius 3 is 1.38 bits per heavy atom. The van der Waals surface area contributed by atoms with E-state index in [-0.39, 0.29) is 25.2 Å². The third-order valence-electron chi connectivity index (χ3n) is 2.55. The van der Waals surface area contributed by atoms with Gasteiger partial charge in [0.05, 0.1) is 0 Å². The Labute approximate surface area is 93.3 Å². The zero-order valence-electron chi connectivity index (χ0n) is 7.88. The molecule has 0 amide bonds. The van der Waals surface area contributed by atoms with Crippen molar-refractivity contribution in [2.45, 2.75) is 25.7 Å². The van der Waals surface area contributed by atoms with Gasteiger partial charge in [-0.05, 0) is 31.1 Å². The highest BCUT2D eigenvalue weighted by molar-refractivity contribution is 14.1. The Hall–Kier alpha value is 0.610. The molecule has 0 aromatic carbocycles. The lowest BCUT2D eigenvalue weighted by atomic mass is 9.76. The van der Waals surface area contributed by atoms with Crippen molar-refractivity contribution in [3.05, 3.63) is 0 Å². The van der Waals surface area contributed by atoms with E-state index >= 15 is 0 Å². The van der Waals surface area contributed by atoms with Crippen LogP contribution >= 0.6 is 22.6 Å². The molecule has 0 aliphatic carbocycles. The second-order valence-electron chi connectivity index (χ2n) is 3.36. The number of aliphatic hydroxyl groups excluding tert-OH is 3. The maximum absolute atomic E-state index is 8.92. The molecule has 13 heavy (non-hydrogen) atoms. The molecule has 0 radical (unpaired) electrons. The lowest BCUT2D eigenvalue weighted by Crippen LogP contribution is -2.26. The van der Waals surface area contributed by atoms with Crippen molar-refractivity contribution in [1.82, 2.24) is 0 Å². The Morgan fingerprint density at radius 2 is 1.15 bits per heavy atom. The van der Waals surface area contributed by atoms with Crippen LogP contribution in [0.4, 0.5) is 0 Å². The van der Waals surface area contributed by atoms with Gasteiger partial charge in [0, 0.05) is 24.2 Å². The lowest BCUT2D eigenvalue weighted by molar-refractivity contribution is 0.0973. The third kappa shape index (κ3) is 5.15. The summed E-state index contributed by atoms with van der Waals surface area (Å²) in [4.78, 5) is 0. The van der Waals surface area contributed by atoms with Crippen LogP contribution in [0.1, 0.15) is 25.7 Å². The highest BCUT2D eigenvalue weighted by atomic mass is 127. The summed E-state index contributed by atoms with van der Waals surface area (Å²) in [5.41, 5.74) is -0.0561. The van der Waals surface area contributed by atoms with Crippen LogP contribution in [0, 0.1) is 5.41 Å². The number of hydrogen-bond acceptors (Lipinski definition) is 3. The summed E-state index contributed by atoms with van der Waals surface area (Å²) in [7, 11) is 0. The first-order valence-corrected chi connectivity index (χ1v) is 6.16. The molecule has 0 aliphatic heterocycles. The fraction of sp³-hybridized carbons (Fsp3) is 1.00. The van der Waals surface area contributed by atoms with Gasteiger partial charge in [-0.2, -0.15) is 0 Å². The SMILES string of the molecule is OCCC(CCO)(CCO)CCI. The first-order chi connectivity index (χ1) is 6.24. The number of hydrogen-bond donors (Lipinski definition) is 3.